The Kier molecular flexibility index (Phi) is 3.44. The highest BCUT2D eigenvalue weighted by Crippen LogP contribution is 2.60. The summed E-state index contributed by atoms with van der Waals surface area (Å²) in [6.45, 7) is 0.0418. The lowest BCUT2D eigenvalue weighted by Gasteiger charge is -2.55. The summed E-state index contributed by atoms with van der Waals surface area (Å²) in [5.41, 5.74) is -0.184. The van der Waals surface area contributed by atoms with Gasteiger partial charge in [0.05, 0.1) is 6.54 Å². The third-order valence-corrected chi connectivity index (χ3v) is 6.30. The number of nitrogens with one attached hydrogen (secondary N) is 2. The first-order valence-electron chi connectivity index (χ1n) is 8.11. The number of anilines is 1. The number of aromatic nitrogens is 1. The van der Waals surface area contributed by atoms with Crippen molar-refractivity contribution in [1.29, 1.82) is 0 Å². The smallest absolute Gasteiger partial charge is 0.245 e. The topological polar surface area (TPSA) is 71.1 Å². The lowest BCUT2D eigenvalue weighted by atomic mass is 9.49. The molecule has 1 aromatic heterocycles. The van der Waals surface area contributed by atoms with Gasteiger partial charge in [-0.25, -0.2) is 4.98 Å². The summed E-state index contributed by atoms with van der Waals surface area (Å²) in [5, 5.41) is 7.97. The van der Waals surface area contributed by atoms with E-state index in [2.05, 4.69) is 15.6 Å². The summed E-state index contributed by atoms with van der Waals surface area (Å²) < 4.78 is 0. The number of nitrogens with zero attached hydrogens (tertiary/aromatic N) is 1. The summed E-state index contributed by atoms with van der Waals surface area (Å²) >= 11 is 1.38. The molecule has 4 bridgehead atoms. The zero-order valence-corrected chi connectivity index (χ0v) is 13.3. The highest BCUT2D eigenvalue weighted by Gasteiger charge is 2.54. The van der Waals surface area contributed by atoms with Crippen LogP contribution in [0.3, 0.4) is 0 Å². The Morgan fingerprint density at radius 3 is 2.36 bits per heavy atom. The van der Waals surface area contributed by atoms with Crippen molar-refractivity contribution in [2.45, 2.75) is 38.5 Å². The monoisotopic (exact) mass is 319 g/mol. The number of hydrogen-bond acceptors (Lipinski definition) is 4. The predicted molar refractivity (Wildman–Crippen MR) is 84.4 cm³/mol. The van der Waals surface area contributed by atoms with Crippen LogP contribution in [0.15, 0.2) is 11.6 Å². The largest absolute Gasteiger partial charge is 0.347 e. The Hall–Kier alpha value is -1.43. The lowest BCUT2D eigenvalue weighted by molar-refractivity contribution is -0.146. The number of carbonyl (C=O) groups excluding carboxylic acids is 2. The average Bonchev–Trinajstić information content (AvgIpc) is 2.96. The summed E-state index contributed by atoms with van der Waals surface area (Å²) in [6, 6.07) is 0. The van der Waals surface area contributed by atoms with E-state index >= 15 is 0 Å². The molecule has 1 aromatic rings. The summed E-state index contributed by atoms with van der Waals surface area (Å²) in [6.07, 6.45) is 8.68. The second-order valence-electron chi connectivity index (χ2n) is 7.27. The van der Waals surface area contributed by atoms with Gasteiger partial charge < -0.3 is 10.6 Å². The number of carbonyl (C=O) groups is 2. The maximum Gasteiger partial charge on any atom is 0.245 e. The van der Waals surface area contributed by atoms with E-state index < -0.39 is 0 Å². The zero-order valence-electron chi connectivity index (χ0n) is 12.5. The number of hydrogen-bond donors (Lipinski definition) is 2. The molecule has 0 atom stereocenters. The quantitative estimate of drug-likeness (QED) is 0.895. The molecular formula is C16H21N3O2S. The summed E-state index contributed by atoms with van der Waals surface area (Å²) in [5.74, 6) is 2.11. The van der Waals surface area contributed by atoms with Crippen LogP contribution < -0.4 is 10.6 Å². The van der Waals surface area contributed by atoms with Gasteiger partial charge in [0.15, 0.2) is 5.13 Å². The van der Waals surface area contributed by atoms with Gasteiger partial charge in [-0.2, -0.15) is 0 Å². The molecule has 4 saturated carbocycles. The molecule has 0 aliphatic heterocycles. The van der Waals surface area contributed by atoms with Crippen LogP contribution in [-0.4, -0.2) is 23.3 Å². The molecule has 6 heteroatoms. The van der Waals surface area contributed by atoms with Crippen LogP contribution in [0, 0.1) is 23.2 Å². The van der Waals surface area contributed by atoms with Gasteiger partial charge in [0.25, 0.3) is 0 Å². The Balaban J connectivity index is 1.35. The number of rotatable bonds is 4. The van der Waals surface area contributed by atoms with Crippen molar-refractivity contribution in [1.82, 2.24) is 10.3 Å². The van der Waals surface area contributed by atoms with Crippen LogP contribution in [-0.2, 0) is 9.59 Å². The number of amides is 2. The first-order chi connectivity index (χ1) is 10.6. The minimum absolute atomic E-state index is 0.0418. The molecule has 4 aliphatic carbocycles. The van der Waals surface area contributed by atoms with Crippen molar-refractivity contribution in [3.8, 4) is 0 Å². The second kappa shape index (κ2) is 5.33. The normalized spacial score (nSPS) is 35.4. The van der Waals surface area contributed by atoms with Crippen molar-refractivity contribution in [2.75, 3.05) is 11.9 Å². The van der Waals surface area contributed by atoms with E-state index in [1.807, 2.05) is 5.38 Å². The van der Waals surface area contributed by atoms with Gasteiger partial charge in [-0.05, 0) is 56.3 Å². The van der Waals surface area contributed by atoms with Crippen LogP contribution >= 0.6 is 11.3 Å². The van der Waals surface area contributed by atoms with E-state index in [1.54, 1.807) is 6.20 Å². The fraction of sp³-hybridized carbons (Fsp3) is 0.688. The third-order valence-electron chi connectivity index (χ3n) is 5.61. The van der Waals surface area contributed by atoms with Gasteiger partial charge in [-0.15, -0.1) is 11.3 Å². The van der Waals surface area contributed by atoms with E-state index in [-0.39, 0.29) is 23.8 Å². The highest BCUT2D eigenvalue weighted by atomic mass is 32.1. The molecule has 5 rings (SSSR count). The van der Waals surface area contributed by atoms with E-state index in [0.29, 0.717) is 5.13 Å². The molecule has 0 spiro atoms. The van der Waals surface area contributed by atoms with Crippen molar-refractivity contribution in [3.05, 3.63) is 11.6 Å². The standard InChI is InChI=1S/C16H21N3O2S/c20-13(19-15-17-1-2-22-15)9-18-14(21)16-6-10-3-11(7-16)5-12(4-10)8-16/h1-2,10-12H,3-9H2,(H,18,21)(H,17,19,20). The van der Waals surface area contributed by atoms with Crippen molar-refractivity contribution >= 4 is 28.3 Å². The van der Waals surface area contributed by atoms with Gasteiger partial charge in [-0.3, -0.25) is 9.59 Å². The van der Waals surface area contributed by atoms with Crippen LogP contribution in [0.5, 0.6) is 0 Å². The summed E-state index contributed by atoms with van der Waals surface area (Å²) in [4.78, 5) is 28.6. The molecule has 0 unspecified atom stereocenters. The molecule has 0 saturated heterocycles. The summed E-state index contributed by atoms with van der Waals surface area (Å²) in [7, 11) is 0. The lowest BCUT2D eigenvalue weighted by Crippen LogP contribution is -2.54. The molecule has 0 aromatic carbocycles. The fourth-order valence-corrected chi connectivity index (χ4v) is 5.73. The molecule has 118 valence electrons. The van der Waals surface area contributed by atoms with Crippen molar-refractivity contribution < 1.29 is 9.59 Å². The van der Waals surface area contributed by atoms with E-state index in [4.69, 9.17) is 0 Å². The minimum atomic E-state index is -0.201. The third kappa shape index (κ3) is 2.53. The first-order valence-corrected chi connectivity index (χ1v) is 8.98. The molecule has 0 radical (unpaired) electrons. The molecule has 1 heterocycles. The minimum Gasteiger partial charge on any atom is -0.347 e. The molecule has 4 aliphatic rings. The Morgan fingerprint density at radius 2 is 1.82 bits per heavy atom. The Labute approximate surface area is 133 Å². The van der Waals surface area contributed by atoms with Crippen LogP contribution in [0.4, 0.5) is 5.13 Å². The van der Waals surface area contributed by atoms with Crippen LogP contribution in [0.1, 0.15) is 38.5 Å². The van der Waals surface area contributed by atoms with E-state index in [0.717, 1.165) is 37.0 Å². The molecule has 2 amide bonds. The second-order valence-corrected chi connectivity index (χ2v) is 8.16. The van der Waals surface area contributed by atoms with Gasteiger partial charge in [0, 0.05) is 17.0 Å². The van der Waals surface area contributed by atoms with Gasteiger partial charge >= 0.3 is 0 Å². The van der Waals surface area contributed by atoms with Crippen molar-refractivity contribution in [3.63, 3.8) is 0 Å². The van der Waals surface area contributed by atoms with Gasteiger partial charge in [0.1, 0.15) is 0 Å². The zero-order chi connectivity index (χ0) is 15.2. The predicted octanol–water partition coefficient (Wildman–Crippen LogP) is 2.41. The van der Waals surface area contributed by atoms with Gasteiger partial charge in [0.2, 0.25) is 11.8 Å². The SMILES string of the molecule is O=C(CNC(=O)C12CC3CC(CC(C3)C1)C2)Nc1nccs1. The maximum absolute atomic E-state index is 12.7. The molecule has 5 nitrogen and oxygen atoms in total. The van der Waals surface area contributed by atoms with E-state index in [9.17, 15) is 9.59 Å². The molecule has 2 N–H and O–H groups in total. The van der Waals surface area contributed by atoms with E-state index in [1.165, 1.54) is 30.6 Å². The van der Waals surface area contributed by atoms with Crippen LogP contribution in [0.2, 0.25) is 0 Å². The van der Waals surface area contributed by atoms with Crippen LogP contribution in [0.25, 0.3) is 0 Å². The molecule has 22 heavy (non-hydrogen) atoms. The maximum atomic E-state index is 12.7. The van der Waals surface area contributed by atoms with Crippen molar-refractivity contribution in [2.24, 2.45) is 23.2 Å². The number of thiazole rings is 1. The average molecular weight is 319 g/mol. The Bertz CT molecular complexity index is 549. The van der Waals surface area contributed by atoms with Gasteiger partial charge in [-0.1, -0.05) is 0 Å². The molecule has 4 fully saturated rings. The first kappa shape index (κ1) is 14.2. The highest BCUT2D eigenvalue weighted by molar-refractivity contribution is 7.13. The Morgan fingerprint density at radius 1 is 1.18 bits per heavy atom. The molecular weight excluding hydrogens is 298 g/mol. The fourth-order valence-electron chi connectivity index (χ4n) is 5.19.